The van der Waals surface area contributed by atoms with Crippen LogP contribution in [0.2, 0.25) is 0 Å². The molecule has 0 heterocycles. The maximum atomic E-state index is 13.8. The summed E-state index contributed by atoms with van der Waals surface area (Å²) in [5.74, 6) is 0.175. The highest BCUT2D eigenvalue weighted by Crippen LogP contribution is 2.35. The van der Waals surface area contributed by atoms with Crippen molar-refractivity contribution in [1.82, 2.24) is 0 Å². The number of hydrogen-bond donors (Lipinski definition) is 0. The molecule has 0 aromatic heterocycles. The van der Waals surface area contributed by atoms with Gasteiger partial charge in [-0.1, -0.05) is 31.9 Å². The third-order valence-electron chi connectivity index (χ3n) is 3.44. The number of halogens is 1. The van der Waals surface area contributed by atoms with E-state index in [1.54, 1.807) is 19.1 Å². The SMILES string of the molecule is CCC(=O)c1ccc(C2CCCC2)c(F)c1. The minimum atomic E-state index is -0.203. The van der Waals surface area contributed by atoms with E-state index in [4.69, 9.17) is 0 Å². The monoisotopic (exact) mass is 220 g/mol. The molecule has 86 valence electrons. The van der Waals surface area contributed by atoms with Gasteiger partial charge in [-0.05, 0) is 30.4 Å². The van der Waals surface area contributed by atoms with Gasteiger partial charge in [0.1, 0.15) is 5.82 Å². The summed E-state index contributed by atoms with van der Waals surface area (Å²) < 4.78 is 13.8. The summed E-state index contributed by atoms with van der Waals surface area (Å²) >= 11 is 0. The summed E-state index contributed by atoms with van der Waals surface area (Å²) in [5.41, 5.74) is 1.30. The van der Waals surface area contributed by atoms with Crippen LogP contribution < -0.4 is 0 Å². The van der Waals surface area contributed by atoms with Crippen LogP contribution in [0.15, 0.2) is 18.2 Å². The molecular weight excluding hydrogens is 203 g/mol. The number of carbonyl (C=O) groups is 1. The summed E-state index contributed by atoms with van der Waals surface area (Å²) in [5, 5.41) is 0. The molecule has 0 unspecified atom stereocenters. The predicted molar refractivity (Wildman–Crippen MR) is 62.2 cm³/mol. The van der Waals surface area contributed by atoms with Crippen LogP contribution in [0.25, 0.3) is 0 Å². The fourth-order valence-electron chi connectivity index (χ4n) is 2.47. The van der Waals surface area contributed by atoms with Gasteiger partial charge in [0, 0.05) is 12.0 Å². The summed E-state index contributed by atoms with van der Waals surface area (Å²) in [6, 6.07) is 4.97. The highest BCUT2D eigenvalue weighted by Gasteiger charge is 2.20. The van der Waals surface area contributed by atoms with Crippen molar-refractivity contribution in [3.05, 3.63) is 35.1 Å². The van der Waals surface area contributed by atoms with Crippen molar-refractivity contribution < 1.29 is 9.18 Å². The zero-order valence-corrected chi connectivity index (χ0v) is 9.63. The van der Waals surface area contributed by atoms with Gasteiger partial charge in [0.2, 0.25) is 0 Å². The maximum Gasteiger partial charge on any atom is 0.162 e. The zero-order chi connectivity index (χ0) is 11.5. The molecule has 1 fully saturated rings. The van der Waals surface area contributed by atoms with Gasteiger partial charge in [-0.2, -0.15) is 0 Å². The molecule has 16 heavy (non-hydrogen) atoms. The van der Waals surface area contributed by atoms with Gasteiger partial charge >= 0.3 is 0 Å². The number of Topliss-reactive ketones (excluding diaryl/α,β-unsaturated/α-hetero) is 1. The fraction of sp³-hybridized carbons (Fsp3) is 0.500. The highest BCUT2D eigenvalue weighted by molar-refractivity contribution is 5.95. The van der Waals surface area contributed by atoms with E-state index in [0.717, 1.165) is 18.4 Å². The van der Waals surface area contributed by atoms with Crippen molar-refractivity contribution in [3.63, 3.8) is 0 Å². The minimum absolute atomic E-state index is 0.0110. The number of carbonyl (C=O) groups excluding carboxylic acids is 1. The van der Waals surface area contributed by atoms with Gasteiger partial charge in [-0.3, -0.25) is 4.79 Å². The Morgan fingerprint density at radius 2 is 2.06 bits per heavy atom. The molecule has 0 bridgehead atoms. The second-order valence-corrected chi connectivity index (χ2v) is 4.49. The largest absolute Gasteiger partial charge is 0.294 e. The Labute approximate surface area is 95.7 Å². The van der Waals surface area contributed by atoms with Crippen molar-refractivity contribution in [2.24, 2.45) is 0 Å². The summed E-state index contributed by atoms with van der Waals surface area (Å²) in [6.07, 6.45) is 4.98. The molecule has 0 amide bonds. The quantitative estimate of drug-likeness (QED) is 0.701. The van der Waals surface area contributed by atoms with E-state index in [2.05, 4.69) is 0 Å². The Bertz CT molecular complexity index is 392. The number of hydrogen-bond acceptors (Lipinski definition) is 1. The highest BCUT2D eigenvalue weighted by atomic mass is 19.1. The van der Waals surface area contributed by atoms with Crippen molar-refractivity contribution in [3.8, 4) is 0 Å². The lowest BCUT2D eigenvalue weighted by Gasteiger charge is -2.11. The summed E-state index contributed by atoms with van der Waals surface area (Å²) in [6.45, 7) is 1.80. The molecule has 1 aromatic rings. The molecule has 2 rings (SSSR count). The van der Waals surface area contributed by atoms with Crippen molar-refractivity contribution in [1.29, 1.82) is 0 Å². The van der Waals surface area contributed by atoms with Gasteiger partial charge in [0.15, 0.2) is 5.78 Å². The molecular formula is C14H17FO. The van der Waals surface area contributed by atoms with E-state index >= 15 is 0 Å². The van der Waals surface area contributed by atoms with Gasteiger partial charge in [-0.25, -0.2) is 4.39 Å². The van der Waals surface area contributed by atoms with Crippen LogP contribution in [-0.2, 0) is 0 Å². The molecule has 1 aromatic carbocycles. The lowest BCUT2D eigenvalue weighted by atomic mass is 9.95. The number of ketones is 1. The van der Waals surface area contributed by atoms with Crippen LogP contribution in [0.5, 0.6) is 0 Å². The molecule has 0 atom stereocenters. The molecule has 2 heteroatoms. The van der Waals surface area contributed by atoms with E-state index in [-0.39, 0.29) is 11.6 Å². The molecule has 0 spiro atoms. The maximum absolute atomic E-state index is 13.8. The topological polar surface area (TPSA) is 17.1 Å². The molecule has 0 saturated heterocycles. The number of rotatable bonds is 3. The van der Waals surface area contributed by atoms with Crippen molar-refractivity contribution in [2.45, 2.75) is 44.9 Å². The molecule has 1 saturated carbocycles. The van der Waals surface area contributed by atoms with Crippen LogP contribution >= 0.6 is 0 Å². The Kier molecular flexibility index (Phi) is 3.37. The van der Waals surface area contributed by atoms with Crippen LogP contribution in [0.4, 0.5) is 4.39 Å². The molecule has 1 aliphatic carbocycles. The van der Waals surface area contributed by atoms with Gasteiger partial charge in [-0.15, -0.1) is 0 Å². The molecule has 1 aliphatic rings. The average molecular weight is 220 g/mol. The third kappa shape index (κ3) is 2.16. The van der Waals surface area contributed by atoms with Gasteiger partial charge < -0.3 is 0 Å². The van der Waals surface area contributed by atoms with E-state index in [1.807, 2.05) is 0 Å². The first-order valence-corrected chi connectivity index (χ1v) is 6.05. The second-order valence-electron chi connectivity index (χ2n) is 4.49. The van der Waals surface area contributed by atoms with Crippen LogP contribution in [0.3, 0.4) is 0 Å². The molecule has 0 radical (unpaired) electrons. The fourth-order valence-corrected chi connectivity index (χ4v) is 2.47. The average Bonchev–Trinajstić information content (AvgIpc) is 2.81. The smallest absolute Gasteiger partial charge is 0.162 e. The van der Waals surface area contributed by atoms with Gasteiger partial charge in [0.05, 0.1) is 0 Å². The van der Waals surface area contributed by atoms with Crippen LogP contribution in [-0.4, -0.2) is 5.78 Å². The molecule has 0 N–H and O–H groups in total. The van der Waals surface area contributed by atoms with E-state index in [0.29, 0.717) is 17.9 Å². The van der Waals surface area contributed by atoms with E-state index in [1.165, 1.54) is 18.9 Å². The normalized spacial score (nSPS) is 16.6. The van der Waals surface area contributed by atoms with E-state index < -0.39 is 0 Å². The Hall–Kier alpha value is -1.18. The van der Waals surface area contributed by atoms with E-state index in [9.17, 15) is 9.18 Å². The predicted octanol–water partition coefficient (Wildman–Crippen LogP) is 4.08. The van der Waals surface area contributed by atoms with Gasteiger partial charge in [0.25, 0.3) is 0 Å². The first kappa shape index (κ1) is 11.3. The summed E-state index contributed by atoms with van der Waals surface area (Å²) in [7, 11) is 0. The minimum Gasteiger partial charge on any atom is -0.294 e. The first-order chi connectivity index (χ1) is 7.72. The zero-order valence-electron chi connectivity index (χ0n) is 9.63. The standard InChI is InChI=1S/C14H17FO/c1-2-14(16)11-7-8-12(13(15)9-11)10-5-3-4-6-10/h7-10H,2-6H2,1H3. The van der Waals surface area contributed by atoms with Crippen LogP contribution in [0, 0.1) is 5.82 Å². The second kappa shape index (κ2) is 4.77. The Morgan fingerprint density at radius 1 is 1.38 bits per heavy atom. The van der Waals surface area contributed by atoms with Crippen LogP contribution in [0.1, 0.15) is 60.9 Å². The van der Waals surface area contributed by atoms with Crippen molar-refractivity contribution in [2.75, 3.05) is 0 Å². The third-order valence-corrected chi connectivity index (χ3v) is 3.44. The Morgan fingerprint density at radius 3 is 2.62 bits per heavy atom. The molecule has 0 aliphatic heterocycles. The summed E-state index contributed by atoms with van der Waals surface area (Å²) in [4.78, 5) is 11.4. The number of benzene rings is 1. The molecule has 1 nitrogen and oxygen atoms in total. The lowest BCUT2D eigenvalue weighted by Crippen LogP contribution is -2.02. The lowest BCUT2D eigenvalue weighted by molar-refractivity contribution is 0.0987. The first-order valence-electron chi connectivity index (χ1n) is 6.05. The van der Waals surface area contributed by atoms with Crippen molar-refractivity contribution >= 4 is 5.78 Å². The Balaban J connectivity index is 2.25.